The first-order valence-electron chi connectivity index (χ1n) is 8.69. The Morgan fingerprint density at radius 1 is 1.03 bits per heavy atom. The molecule has 1 unspecified atom stereocenters. The van der Waals surface area contributed by atoms with Crippen LogP contribution in [0.3, 0.4) is 0 Å². The van der Waals surface area contributed by atoms with Crippen LogP contribution in [0.15, 0.2) is 47.7 Å². The topological polar surface area (TPSA) is 85.5 Å². The Labute approximate surface area is 177 Å². The molecule has 8 nitrogen and oxygen atoms in total. The molecule has 154 valence electrons. The van der Waals surface area contributed by atoms with Gasteiger partial charge in [0, 0.05) is 29.3 Å². The average Bonchev–Trinajstić information content (AvgIpc) is 3.22. The highest BCUT2D eigenvalue weighted by atomic mass is 79.9. The van der Waals surface area contributed by atoms with Gasteiger partial charge in [-0.15, -0.1) is 0 Å². The fourth-order valence-electron chi connectivity index (χ4n) is 3.00. The lowest BCUT2D eigenvalue weighted by Crippen LogP contribution is -2.26. The summed E-state index contributed by atoms with van der Waals surface area (Å²) in [5.41, 5.74) is -0.417. The molecule has 0 bridgehead atoms. The maximum atomic E-state index is 13.3. The van der Waals surface area contributed by atoms with Crippen molar-refractivity contribution in [2.75, 3.05) is 11.9 Å². The summed E-state index contributed by atoms with van der Waals surface area (Å²) < 4.78 is 41.7. The molecule has 4 aromatic rings. The van der Waals surface area contributed by atoms with Gasteiger partial charge in [0.25, 0.3) is 5.95 Å². The van der Waals surface area contributed by atoms with Crippen LogP contribution >= 0.6 is 15.9 Å². The van der Waals surface area contributed by atoms with Crippen molar-refractivity contribution < 1.29 is 13.2 Å². The minimum atomic E-state index is -4.50. The number of halogens is 4. The van der Waals surface area contributed by atoms with Gasteiger partial charge in [-0.25, -0.2) is 24.9 Å². The summed E-state index contributed by atoms with van der Waals surface area (Å²) in [5.74, 6) is 1.16. The van der Waals surface area contributed by atoms with Crippen molar-refractivity contribution in [1.82, 2.24) is 34.7 Å². The zero-order chi connectivity index (χ0) is 21.5. The van der Waals surface area contributed by atoms with E-state index in [-0.39, 0.29) is 9.86 Å². The number of rotatable bonds is 4. The van der Waals surface area contributed by atoms with Gasteiger partial charge in [0.05, 0.1) is 17.1 Å². The quantitative estimate of drug-likeness (QED) is 0.438. The molecule has 3 aromatic heterocycles. The molecule has 1 aromatic carbocycles. The van der Waals surface area contributed by atoms with Crippen LogP contribution in [0.4, 0.5) is 19.0 Å². The summed E-state index contributed by atoms with van der Waals surface area (Å²) in [5, 5.41) is 4.43. The molecule has 0 spiro atoms. The fourth-order valence-corrected chi connectivity index (χ4v) is 3.57. The van der Waals surface area contributed by atoms with Crippen molar-refractivity contribution in [1.29, 1.82) is 0 Å². The molecule has 0 saturated carbocycles. The summed E-state index contributed by atoms with van der Waals surface area (Å²) in [6.07, 6.45) is 1.34. The average molecular weight is 479 g/mol. The Balaban J connectivity index is 1.80. The van der Waals surface area contributed by atoms with Gasteiger partial charge in [-0.05, 0) is 41.1 Å². The number of alkyl halides is 3. The Morgan fingerprint density at radius 3 is 2.47 bits per heavy atom. The van der Waals surface area contributed by atoms with Gasteiger partial charge in [0.1, 0.15) is 18.5 Å². The van der Waals surface area contributed by atoms with Gasteiger partial charge >= 0.3 is 6.18 Å². The third-order valence-electron chi connectivity index (χ3n) is 4.60. The lowest BCUT2D eigenvalue weighted by Gasteiger charge is -2.26. The van der Waals surface area contributed by atoms with Crippen molar-refractivity contribution >= 4 is 32.7 Å². The highest BCUT2D eigenvalue weighted by Crippen LogP contribution is 2.38. The molecule has 0 radical (unpaired) electrons. The van der Waals surface area contributed by atoms with Crippen LogP contribution in [0.2, 0.25) is 0 Å². The Hall–Kier alpha value is -3.15. The lowest BCUT2D eigenvalue weighted by atomic mass is 10.1. The van der Waals surface area contributed by atoms with E-state index in [0.29, 0.717) is 23.1 Å². The largest absolute Gasteiger partial charge is 0.416 e. The number of hydrogen-bond acceptors (Lipinski definition) is 7. The summed E-state index contributed by atoms with van der Waals surface area (Å²) in [7, 11) is 1.71. The van der Waals surface area contributed by atoms with Gasteiger partial charge in [-0.1, -0.05) is 0 Å². The molecule has 1 atom stereocenters. The molecule has 3 heterocycles. The second-order valence-corrected chi connectivity index (χ2v) is 7.27. The van der Waals surface area contributed by atoms with E-state index in [9.17, 15) is 13.2 Å². The van der Waals surface area contributed by atoms with E-state index in [0.717, 1.165) is 12.1 Å². The molecule has 0 aliphatic heterocycles. The number of fused-ring (bicyclic) bond motifs is 1. The Morgan fingerprint density at radius 2 is 1.77 bits per heavy atom. The van der Waals surface area contributed by atoms with Gasteiger partial charge in [0.15, 0.2) is 5.82 Å². The number of nitrogens with zero attached hydrogens (tertiary/aromatic N) is 8. The third kappa shape index (κ3) is 3.58. The van der Waals surface area contributed by atoms with Gasteiger partial charge < -0.3 is 4.90 Å². The molecule has 0 saturated heterocycles. The van der Waals surface area contributed by atoms with Crippen LogP contribution in [0.5, 0.6) is 0 Å². The van der Waals surface area contributed by atoms with Crippen molar-refractivity contribution in [3.63, 3.8) is 0 Å². The van der Waals surface area contributed by atoms with Gasteiger partial charge in [0.2, 0.25) is 0 Å². The zero-order valence-electron chi connectivity index (χ0n) is 15.7. The van der Waals surface area contributed by atoms with Crippen molar-refractivity contribution in [2.45, 2.75) is 19.1 Å². The first-order chi connectivity index (χ1) is 14.3. The molecule has 0 N–H and O–H groups in total. The van der Waals surface area contributed by atoms with Crippen LogP contribution in [0.1, 0.15) is 24.4 Å². The van der Waals surface area contributed by atoms with E-state index in [2.05, 4.69) is 45.9 Å². The minimum Gasteiger partial charge on any atom is -0.349 e. The second-order valence-electron chi connectivity index (χ2n) is 6.41. The lowest BCUT2D eigenvalue weighted by molar-refractivity contribution is -0.137. The summed E-state index contributed by atoms with van der Waals surface area (Å²) in [4.78, 5) is 22.7. The van der Waals surface area contributed by atoms with Crippen molar-refractivity contribution in [3.05, 3.63) is 59.1 Å². The van der Waals surface area contributed by atoms with E-state index in [1.54, 1.807) is 30.4 Å². The molecular weight excluding hydrogens is 465 g/mol. The molecule has 0 amide bonds. The molecule has 30 heavy (non-hydrogen) atoms. The monoisotopic (exact) mass is 478 g/mol. The number of aromatic nitrogens is 7. The zero-order valence-corrected chi connectivity index (χ0v) is 17.3. The highest BCUT2D eigenvalue weighted by molar-refractivity contribution is 9.10. The number of anilines is 1. The SMILES string of the molecule is CC(c1ncnn1-c1ncccn1)N(C)c1ncnc2c(Br)cc(C(F)(F)F)cc12. The fraction of sp³-hybridized carbons (Fsp3) is 0.222. The Kier molecular flexibility index (Phi) is 5.10. The van der Waals surface area contributed by atoms with E-state index < -0.39 is 17.8 Å². The smallest absolute Gasteiger partial charge is 0.349 e. The van der Waals surface area contributed by atoms with Crippen LogP contribution in [0.25, 0.3) is 16.9 Å². The van der Waals surface area contributed by atoms with E-state index >= 15 is 0 Å². The second kappa shape index (κ2) is 7.59. The maximum absolute atomic E-state index is 13.3. The van der Waals surface area contributed by atoms with E-state index in [1.165, 1.54) is 17.3 Å². The predicted molar refractivity (Wildman–Crippen MR) is 106 cm³/mol. The molecular formula is C18H14BrF3N8. The normalized spacial score (nSPS) is 12.9. The van der Waals surface area contributed by atoms with Crippen molar-refractivity contribution in [2.24, 2.45) is 0 Å². The van der Waals surface area contributed by atoms with E-state index in [1.807, 2.05) is 6.92 Å². The maximum Gasteiger partial charge on any atom is 0.416 e. The predicted octanol–water partition coefficient (Wildman–Crippen LogP) is 3.98. The summed E-state index contributed by atoms with van der Waals surface area (Å²) in [6.45, 7) is 1.83. The van der Waals surface area contributed by atoms with Gasteiger partial charge in [-0.3, -0.25) is 0 Å². The first kappa shape index (κ1) is 20.1. The standard InChI is InChI=1S/C18H14BrF3N8/c1-10(15-27-9-28-30(15)17-23-4-3-5-24-17)29(2)16-12-6-11(18(20,21)22)7-13(19)14(12)25-8-26-16/h3-10H,1-2H3. The highest BCUT2D eigenvalue weighted by Gasteiger charge is 2.32. The molecule has 4 rings (SSSR count). The number of hydrogen-bond donors (Lipinski definition) is 0. The third-order valence-corrected chi connectivity index (χ3v) is 5.21. The molecule has 0 aliphatic carbocycles. The first-order valence-corrected chi connectivity index (χ1v) is 9.48. The van der Waals surface area contributed by atoms with Crippen LogP contribution in [-0.4, -0.2) is 41.7 Å². The Bertz CT molecular complexity index is 1200. The van der Waals surface area contributed by atoms with Crippen LogP contribution in [-0.2, 0) is 6.18 Å². The van der Waals surface area contributed by atoms with Crippen LogP contribution < -0.4 is 4.90 Å². The molecule has 0 fully saturated rings. The van der Waals surface area contributed by atoms with Gasteiger partial charge in [-0.2, -0.15) is 23.0 Å². The summed E-state index contributed by atoms with van der Waals surface area (Å²) in [6, 6.07) is 3.32. The summed E-state index contributed by atoms with van der Waals surface area (Å²) >= 11 is 3.19. The van der Waals surface area contributed by atoms with Crippen molar-refractivity contribution in [3.8, 4) is 5.95 Å². The molecule has 12 heteroatoms. The number of benzene rings is 1. The minimum absolute atomic E-state index is 0.234. The van der Waals surface area contributed by atoms with E-state index in [4.69, 9.17) is 0 Å². The van der Waals surface area contributed by atoms with Crippen LogP contribution in [0, 0.1) is 0 Å². The molecule has 0 aliphatic rings.